The van der Waals surface area contributed by atoms with Gasteiger partial charge in [0.25, 0.3) is 5.24 Å². The van der Waals surface area contributed by atoms with Crippen molar-refractivity contribution in [2.24, 2.45) is 0 Å². The first-order valence-electron chi connectivity index (χ1n) is 3.01. The number of carbonyl (C=O) groups is 1. The molecule has 0 unspecified atom stereocenters. The number of hydrogen-bond acceptors (Lipinski definition) is 2. The van der Waals surface area contributed by atoms with Crippen LogP contribution in [-0.2, 0) is 4.79 Å². The van der Waals surface area contributed by atoms with Crippen LogP contribution in [0.2, 0.25) is 0 Å². The second-order valence-corrected chi connectivity index (χ2v) is 2.34. The van der Waals surface area contributed by atoms with Gasteiger partial charge in [-0.05, 0) is 17.7 Å². The molecule has 0 saturated carbocycles. The Morgan fingerprint density at radius 2 is 2.36 bits per heavy atom. The van der Waals surface area contributed by atoms with E-state index in [1.807, 2.05) is 0 Å². The lowest BCUT2D eigenvalue weighted by molar-refractivity contribution is -0.106. The second kappa shape index (κ2) is 3.30. The van der Waals surface area contributed by atoms with Gasteiger partial charge in [-0.25, -0.2) is 0 Å². The zero-order valence-electron chi connectivity index (χ0n) is 5.75. The molecule has 0 bridgehead atoms. The Hall–Kier alpha value is -1.15. The molecule has 1 aromatic heterocycles. The Morgan fingerprint density at radius 3 is 2.82 bits per heavy atom. The van der Waals surface area contributed by atoms with Gasteiger partial charge in [0.15, 0.2) is 0 Å². The van der Waals surface area contributed by atoms with Crippen LogP contribution in [0.4, 0.5) is 0 Å². The number of aromatic nitrogens is 1. The third-order valence-electron chi connectivity index (χ3n) is 1.25. The number of nitrogens with zero attached hydrogens (tertiary/aromatic N) is 1. The molecule has 0 saturated heterocycles. The maximum atomic E-state index is 10.6. The number of pyridine rings is 1. The molecule has 0 N–H and O–H groups in total. The molecule has 0 aliphatic heterocycles. The summed E-state index contributed by atoms with van der Waals surface area (Å²) in [5.74, 6) is 0. The summed E-state index contributed by atoms with van der Waals surface area (Å²) in [6.45, 7) is 3.50. The van der Waals surface area contributed by atoms with Crippen molar-refractivity contribution in [1.82, 2.24) is 4.98 Å². The quantitative estimate of drug-likeness (QED) is 0.497. The van der Waals surface area contributed by atoms with Gasteiger partial charge in [0.2, 0.25) is 0 Å². The van der Waals surface area contributed by atoms with E-state index >= 15 is 0 Å². The topological polar surface area (TPSA) is 30.0 Å². The number of halogens is 1. The summed E-state index contributed by atoms with van der Waals surface area (Å²) in [5, 5.41) is -0.544. The average Bonchev–Trinajstić information content (AvgIpc) is 2.05. The number of rotatable bonds is 2. The standard InChI is InChI=1S/C8H6ClNO/c1-6(8(9)11)7-3-2-4-10-5-7/h2-5H,1H2. The minimum Gasteiger partial charge on any atom is -0.276 e. The van der Waals surface area contributed by atoms with E-state index in [1.165, 1.54) is 0 Å². The van der Waals surface area contributed by atoms with Gasteiger partial charge in [-0.1, -0.05) is 12.6 Å². The highest BCUT2D eigenvalue weighted by Crippen LogP contribution is 2.12. The van der Waals surface area contributed by atoms with E-state index in [9.17, 15) is 4.79 Å². The first-order valence-corrected chi connectivity index (χ1v) is 3.39. The molecule has 0 aliphatic carbocycles. The second-order valence-electron chi connectivity index (χ2n) is 1.99. The lowest BCUT2D eigenvalue weighted by Crippen LogP contribution is -1.90. The lowest BCUT2D eigenvalue weighted by Gasteiger charge is -1.96. The fourth-order valence-electron chi connectivity index (χ4n) is 0.655. The molecule has 0 amide bonds. The molecule has 56 valence electrons. The predicted octanol–water partition coefficient (Wildman–Crippen LogP) is 1.86. The molecule has 1 aromatic rings. The van der Waals surface area contributed by atoms with Crippen LogP contribution < -0.4 is 0 Å². The van der Waals surface area contributed by atoms with Crippen molar-refractivity contribution in [2.75, 3.05) is 0 Å². The van der Waals surface area contributed by atoms with Crippen molar-refractivity contribution in [1.29, 1.82) is 0 Å². The molecule has 0 aliphatic rings. The van der Waals surface area contributed by atoms with E-state index < -0.39 is 5.24 Å². The van der Waals surface area contributed by atoms with E-state index in [-0.39, 0.29) is 5.57 Å². The molecule has 1 heterocycles. The fraction of sp³-hybridized carbons (Fsp3) is 0. The molecule has 0 radical (unpaired) electrons. The Morgan fingerprint density at radius 1 is 1.64 bits per heavy atom. The number of hydrogen-bond donors (Lipinski definition) is 0. The maximum absolute atomic E-state index is 10.6. The highest BCUT2D eigenvalue weighted by atomic mass is 35.5. The van der Waals surface area contributed by atoms with Crippen molar-refractivity contribution < 1.29 is 4.79 Å². The smallest absolute Gasteiger partial charge is 0.252 e. The first kappa shape index (κ1) is 7.95. The van der Waals surface area contributed by atoms with Crippen molar-refractivity contribution in [3.8, 4) is 0 Å². The van der Waals surface area contributed by atoms with Crippen LogP contribution >= 0.6 is 11.6 Å². The zero-order chi connectivity index (χ0) is 8.27. The Balaban J connectivity index is 2.95. The lowest BCUT2D eigenvalue weighted by atomic mass is 10.1. The van der Waals surface area contributed by atoms with Crippen LogP contribution in [0.3, 0.4) is 0 Å². The van der Waals surface area contributed by atoms with Crippen LogP contribution in [0.1, 0.15) is 5.56 Å². The van der Waals surface area contributed by atoms with Crippen molar-refractivity contribution in [2.45, 2.75) is 0 Å². The molecule has 11 heavy (non-hydrogen) atoms. The van der Waals surface area contributed by atoms with Crippen LogP contribution in [0, 0.1) is 0 Å². The summed E-state index contributed by atoms with van der Waals surface area (Å²) in [6, 6.07) is 3.45. The molecule has 0 atom stereocenters. The van der Waals surface area contributed by atoms with Gasteiger partial charge in [0.1, 0.15) is 0 Å². The SMILES string of the molecule is C=C(C(=O)Cl)c1cccnc1. The molecule has 2 nitrogen and oxygen atoms in total. The van der Waals surface area contributed by atoms with E-state index in [0.717, 1.165) is 0 Å². The third-order valence-corrected chi connectivity index (χ3v) is 1.48. The molecule has 0 aromatic carbocycles. The highest BCUT2D eigenvalue weighted by Gasteiger charge is 2.04. The number of carbonyl (C=O) groups excluding carboxylic acids is 1. The van der Waals surface area contributed by atoms with Gasteiger partial charge in [-0.3, -0.25) is 9.78 Å². The van der Waals surface area contributed by atoms with Gasteiger partial charge in [0, 0.05) is 23.5 Å². The van der Waals surface area contributed by atoms with Gasteiger partial charge >= 0.3 is 0 Å². The third kappa shape index (κ3) is 1.88. The van der Waals surface area contributed by atoms with Crippen LogP contribution in [-0.4, -0.2) is 10.2 Å². The van der Waals surface area contributed by atoms with Crippen LogP contribution in [0.15, 0.2) is 31.1 Å². The predicted molar refractivity (Wildman–Crippen MR) is 44.1 cm³/mol. The van der Waals surface area contributed by atoms with Crippen LogP contribution in [0.5, 0.6) is 0 Å². The van der Waals surface area contributed by atoms with Gasteiger partial charge in [0.05, 0.1) is 0 Å². The van der Waals surface area contributed by atoms with E-state index in [2.05, 4.69) is 11.6 Å². The maximum Gasteiger partial charge on any atom is 0.252 e. The molecule has 0 spiro atoms. The van der Waals surface area contributed by atoms with Crippen LogP contribution in [0.25, 0.3) is 5.57 Å². The van der Waals surface area contributed by atoms with Crippen molar-refractivity contribution >= 4 is 22.4 Å². The monoisotopic (exact) mass is 167 g/mol. The van der Waals surface area contributed by atoms with Gasteiger partial charge < -0.3 is 0 Å². The van der Waals surface area contributed by atoms with Crippen molar-refractivity contribution in [3.63, 3.8) is 0 Å². The Bertz CT molecular complexity index is 281. The molecular weight excluding hydrogens is 162 g/mol. The summed E-state index contributed by atoms with van der Waals surface area (Å²) in [7, 11) is 0. The summed E-state index contributed by atoms with van der Waals surface area (Å²) >= 11 is 5.20. The normalized spacial score (nSPS) is 9.18. The minimum atomic E-state index is -0.544. The molecule has 1 rings (SSSR count). The highest BCUT2D eigenvalue weighted by molar-refractivity contribution is 6.74. The fourth-order valence-corrected chi connectivity index (χ4v) is 0.764. The average molecular weight is 168 g/mol. The van der Waals surface area contributed by atoms with Gasteiger partial charge in [-0.15, -0.1) is 0 Å². The summed E-state index contributed by atoms with van der Waals surface area (Å²) in [5.41, 5.74) is 0.937. The summed E-state index contributed by atoms with van der Waals surface area (Å²) < 4.78 is 0. The minimum absolute atomic E-state index is 0.278. The largest absolute Gasteiger partial charge is 0.276 e. The van der Waals surface area contributed by atoms with E-state index in [4.69, 9.17) is 11.6 Å². The Kier molecular flexibility index (Phi) is 2.39. The van der Waals surface area contributed by atoms with Crippen molar-refractivity contribution in [3.05, 3.63) is 36.7 Å². The zero-order valence-corrected chi connectivity index (χ0v) is 6.51. The Labute approximate surface area is 69.5 Å². The summed E-state index contributed by atoms with van der Waals surface area (Å²) in [6.07, 6.45) is 3.16. The van der Waals surface area contributed by atoms with E-state index in [0.29, 0.717) is 5.56 Å². The summed E-state index contributed by atoms with van der Waals surface area (Å²) in [4.78, 5) is 14.4. The van der Waals surface area contributed by atoms with Gasteiger partial charge in [-0.2, -0.15) is 0 Å². The molecule has 3 heteroatoms. The number of allylic oxidation sites excluding steroid dienone is 1. The van der Waals surface area contributed by atoms with E-state index in [1.54, 1.807) is 24.5 Å². The molecular formula is C8H6ClNO. The first-order chi connectivity index (χ1) is 5.22. The molecule has 0 fully saturated rings.